The first-order chi connectivity index (χ1) is 12.5. The average Bonchev–Trinajstić information content (AvgIpc) is 3.45. The number of rotatable bonds is 5. The van der Waals surface area contributed by atoms with E-state index in [0.29, 0.717) is 25.1 Å². The maximum Gasteiger partial charge on any atom is 0.240 e. The van der Waals surface area contributed by atoms with E-state index in [1.54, 1.807) is 24.4 Å². The predicted molar refractivity (Wildman–Crippen MR) is 98.3 cm³/mol. The lowest BCUT2D eigenvalue weighted by atomic mass is 10.0. The number of hydrogen-bond acceptors (Lipinski definition) is 4. The van der Waals surface area contributed by atoms with Crippen molar-refractivity contribution in [3.63, 3.8) is 0 Å². The summed E-state index contributed by atoms with van der Waals surface area (Å²) in [6.45, 7) is 0.347. The molecular weight excluding hydrogens is 350 g/mol. The largest absolute Gasteiger partial charge is 0.326 e. The number of nitrogens with one attached hydrogen (secondary N) is 2. The summed E-state index contributed by atoms with van der Waals surface area (Å²) in [6.07, 6.45) is 5.48. The number of hydrogen-bond donors (Lipinski definition) is 2. The summed E-state index contributed by atoms with van der Waals surface area (Å²) in [7, 11) is -3.61. The molecule has 0 spiro atoms. The molecule has 0 saturated heterocycles. The van der Waals surface area contributed by atoms with Crippen molar-refractivity contribution in [2.24, 2.45) is 0 Å². The molecule has 0 bridgehead atoms. The SMILES string of the molecule is O=C1CCCc2cc(S(=O)(=O)NCC3(c4ccccn4)CC3)ccc2N1. The van der Waals surface area contributed by atoms with E-state index in [2.05, 4.69) is 15.0 Å². The van der Waals surface area contributed by atoms with Crippen molar-refractivity contribution in [1.82, 2.24) is 9.71 Å². The Labute approximate surface area is 153 Å². The Kier molecular flexibility index (Phi) is 4.28. The number of nitrogens with zero attached hydrogens (tertiary/aromatic N) is 1. The number of pyridine rings is 1. The molecule has 4 rings (SSSR count). The minimum Gasteiger partial charge on any atom is -0.326 e. The molecule has 1 saturated carbocycles. The van der Waals surface area contributed by atoms with Crippen LogP contribution in [-0.4, -0.2) is 25.9 Å². The van der Waals surface area contributed by atoms with Crippen LogP contribution in [0.15, 0.2) is 47.5 Å². The first kappa shape index (κ1) is 17.2. The third-order valence-electron chi connectivity index (χ3n) is 5.17. The normalized spacial score (nSPS) is 18.5. The summed E-state index contributed by atoms with van der Waals surface area (Å²) >= 11 is 0. The van der Waals surface area contributed by atoms with Gasteiger partial charge in [0.1, 0.15) is 0 Å². The molecule has 1 aromatic carbocycles. The third-order valence-corrected chi connectivity index (χ3v) is 6.57. The molecule has 0 unspecified atom stereocenters. The maximum atomic E-state index is 12.8. The molecular formula is C19H21N3O3S. The lowest BCUT2D eigenvalue weighted by Gasteiger charge is -2.16. The number of amides is 1. The van der Waals surface area contributed by atoms with Crippen molar-refractivity contribution >= 4 is 21.6 Å². The molecule has 136 valence electrons. The Morgan fingerprint density at radius 2 is 2.00 bits per heavy atom. The molecule has 2 aromatic rings. The molecule has 2 heterocycles. The summed E-state index contributed by atoms with van der Waals surface area (Å²) in [4.78, 5) is 16.3. The first-order valence-corrected chi connectivity index (χ1v) is 10.3. The van der Waals surface area contributed by atoms with E-state index in [9.17, 15) is 13.2 Å². The number of aromatic nitrogens is 1. The van der Waals surface area contributed by atoms with Crippen LogP contribution >= 0.6 is 0 Å². The van der Waals surface area contributed by atoms with Crippen LogP contribution in [0.4, 0.5) is 5.69 Å². The average molecular weight is 371 g/mol. The van der Waals surface area contributed by atoms with E-state index in [0.717, 1.165) is 30.5 Å². The van der Waals surface area contributed by atoms with Crippen molar-refractivity contribution in [3.05, 3.63) is 53.9 Å². The lowest BCUT2D eigenvalue weighted by molar-refractivity contribution is -0.116. The van der Waals surface area contributed by atoms with Crippen LogP contribution in [0, 0.1) is 0 Å². The molecule has 0 radical (unpaired) electrons. The summed E-state index contributed by atoms with van der Waals surface area (Å²) < 4.78 is 28.3. The van der Waals surface area contributed by atoms with Crippen LogP contribution in [0.3, 0.4) is 0 Å². The Hall–Kier alpha value is -2.25. The molecule has 7 heteroatoms. The van der Waals surface area contributed by atoms with E-state index in [1.807, 2.05) is 18.2 Å². The smallest absolute Gasteiger partial charge is 0.240 e. The van der Waals surface area contributed by atoms with Crippen molar-refractivity contribution in [2.45, 2.75) is 42.4 Å². The third kappa shape index (κ3) is 3.37. The van der Waals surface area contributed by atoms with E-state index >= 15 is 0 Å². The second kappa shape index (κ2) is 6.48. The van der Waals surface area contributed by atoms with Crippen molar-refractivity contribution in [1.29, 1.82) is 0 Å². The summed E-state index contributed by atoms with van der Waals surface area (Å²) in [5.41, 5.74) is 2.32. The van der Waals surface area contributed by atoms with Gasteiger partial charge >= 0.3 is 0 Å². The van der Waals surface area contributed by atoms with Crippen LogP contribution in [0.2, 0.25) is 0 Å². The van der Waals surface area contributed by atoms with Crippen LogP contribution in [-0.2, 0) is 26.7 Å². The van der Waals surface area contributed by atoms with Gasteiger partial charge in [0.2, 0.25) is 15.9 Å². The van der Waals surface area contributed by atoms with Gasteiger partial charge in [0.05, 0.1) is 4.90 Å². The van der Waals surface area contributed by atoms with Gasteiger partial charge in [-0.25, -0.2) is 13.1 Å². The van der Waals surface area contributed by atoms with Gasteiger partial charge in [0.25, 0.3) is 0 Å². The van der Waals surface area contributed by atoms with Gasteiger partial charge in [-0.3, -0.25) is 9.78 Å². The first-order valence-electron chi connectivity index (χ1n) is 8.83. The molecule has 1 amide bonds. The minimum absolute atomic E-state index is 0.0245. The molecule has 0 atom stereocenters. The number of sulfonamides is 1. The molecule has 26 heavy (non-hydrogen) atoms. The maximum absolute atomic E-state index is 12.8. The van der Waals surface area contributed by atoms with E-state index in [4.69, 9.17) is 0 Å². The topological polar surface area (TPSA) is 88.2 Å². The van der Waals surface area contributed by atoms with Gasteiger partial charge < -0.3 is 5.32 Å². The molecule has 1 fully saturated rings. The number of benzene rings is 1. The number of carbonyl (C=O) groups is 1. The highest BCUT2D eigenvalue weighted by atomic mass is 32.2. The molecule has 2 N–H and O–H groups in total. The molecule has 1 aromatic heterocycles. The standard InChI is InChI=1S/C19H21N3O3S/c23-18-6-3-4-14-12-15(7-8-16(14)22-18)26(24,25)21-13-19(9-10-19)17-5-1-2-11-20-17/h1-2,5,7-8,11-12,21H,3-4,6,9-10,13H2,(H,22,23). The fraction of sp³-hybridized carbons (Fsp3) is 0.368. The zero-order valence-corrected chi connectivity index (χ0v) is 15.2. The second-order valence-corrected chi connectivity index (χ2v) is 8.81. The fourth-order valence-corrected chi connectivity index (χ4v) is 4.56. The van der Waals surface area contributed by atoms with E-state index in [-0.39, 0.29) is 16.2 Å². The summed E-state index contributed by atoms with van der Waals surface area (Å²) in [5.74, 6) is -0.0245. The highest BCUT2D eigenvalue weighted by Crippen LogP contribution is 2.46. The number of fused-ring (bicyclic) bond motifs is 1. The summed E-state index contributed by atoms with van der Waals surface area (Å²) in [5, 5.41) is 2.83. The fourth-order valence-electron chi connectivity index (χ4n) is 3.39. The number of carbonyl (C=O) groups excluding carboxylic acids is 1. The Morgan fingerprint density at radius 3 is 2.73 bits per heavy atom. The highest BCUT2D eigenvalue weighted by Gasteiger charge is 2.46. The molecule has 6 nitrogen and oxygen atoms in total. The van der Waals surface area contributed by atoms with Gasteiger partial charge in [-0.1, -0.05) is 6.07 Å². The van der Waals surface area contributed by atoms with E-state index < -0.39 is 10.0 Å². The summed E-state index contributed by atoms with van der Waals surface area (Å²) in [6, 6.07) is 10.6. The van der Waals surface area contributed by atoms with Gasteiger partial charge in [-0.2, -0.15) is 0 Å². The Morgan fingerprint density at radius 1 is 1.15 bits per heavy atom. The van der Waals surface area contributed by atoms with Crippen molar-refractivity contribution < 1.29 is 13.2 Å². The van der Waals surface area contributed by atoms with Crippen LogP contribution in [0.1, 0.15) is 36.9 Å². The minimum atomic E-state index is -3.61. The number of anilines is 1. The van der Waals surface area contributed by atoms with Gasteiger partial charge in [-0.15, -0.1) is 0 Å². The quantitative estimate of drug-likeness (QED) is 0.845. The van der Waals surface area contributed by atoms with Gasteiger partial charge in [-0.05, 0) is 61.6 Å². The van der Waals surface area contributed by atoms with Gasteiger partial charge in [0, 0.05) is 36.0 Å². The highest BCUT2D eigenvalue weighted by molar-refractivity contribution is 7.89. The monoisotopic (exact) mass is 371 g/mol. The van der Waals surface area contributed by atoms with Gasteiger partial charge in [0.15, 0.2) is 0 Å². The zero-order chi connectivity index (χ0) is 18.2. The predicted octanol–water partition coefficient (Wildman–Crippen LogP) is 2.37. The molecule has 1 aliphatic heterocycles. The lowest BCUT2D eigenvalue weighted by Crippen LogP contribution is -2.32. The van der Waals surface area contributed by atoms with Crippen LogP contribution in [0.5, 0.6) is 0 Å². The molecule has 1 aliphatic carbocycles. The van der Waals surface area contributed by atoms with Crippen molar-refractivity contribution in [3.8, 4) is 0 Å². The van der Waals surface area contributed by atoms with Crippen molar-refractivity contribution in [2.75, 3.05) is 11.9 Å². The molecule has 2 aliphatic rings. The second-order valence-electron chi connectivity index (χ2n) is 7.04. The Bertz CT molecular complexity index is 938. The van der Waals surface area contributed by atoms with E-state index in [1.165, 1.54) is 0 Å². The van der Waals surface area contributed by atoms with Crippen LogP contribution < -0.4 is 10.0 Å². The Balaban J connectivity index is 1.52. The number of aryl methyl sites for hydroxylation is 1. The zero-order valence-electron chi connectivity index (χ0n) is 14.4. The van der Waals surface area contributed by atoms with Crippen LogP contribution in [0.25, 0.3) is 0 Å².